The Kier molecular flexibility index (Phi) is 5.66. The molecule has 6 nitrogen and oxygen atoms in total. The number of nitrogens with one attached hydrogen (secondary N) is 2. The zero-order valence-corrected chi connectivity index (χ0v) is 15.6. The highest BCUT2D eigenvalue weighted by Gasteiger charge is 2.11. The number of amides is 1. The first-order valence-electron chi connectivity index (χ1n) is 8.77. The van der Waals surface area contributed by atoms with Crippen molar-refractivity contribution in [1.82, 2.24) is 9.97 Å². The van der Waals surface area contributed by atoms with E-state index in [0.717, 1.165) is 17.1 Å². The Bertz CT molecular complexity index is 936. The zero-order chi connectivity index (χ0) is 19.2. The summed E-state index contributed by atoms with van der Waals surface area (Å²) in [5.74, 6) is 0.935. The summed E-state index contributed by atoms with van der Waals surface area (Å²) in [6, 6.07) is 16.5. The van der Waals surface area contributed by atoms with Crippen LogP contribution in [0.5, 0.6) is 5.75 Å². The normalized spacial score (nSPS) is 10.3. The van der Waals surface area contributed by atoms with Gasteiger partial charge in [-0.05, 0) is 57.2 Å². The lowest BCUT2D eigenvalue weighted by atomic mass is 10.1. The molecule has 1 heterocycles. The Morgan fingerprint density at radius 1 is 1.00 bits per heavy atom. The molecule has 0 aliphatic rings. The second-order valence-corrected chi connectivity index (χ2v) is 6.06. The van der Waals surface area contributed by atoms with Crippen molar-refractivity contribution in [2.75, 3.05) is 17.2 Å². The van der Waals surface area contributed by atoms with Crippen LogP contribution in [0, 0.1) is 13.8 Å². The van der Waals surface area contributed by atoms with Crippen LogP contribution < -0.4 is 15.4 Å². The van der Waals surface area contributed by atoms with Gasteiger partial charge in [0.05, 0.1) is 12.3 Å². The summed E-state index contributed by atoms with van der Waals surface area (Å²) >= 11 is 0. The highest BCUT2D eigenvalue weighted by molar-refractivity contribution is 6.05. The fourth-order valence-corrected chi connectivity index (χ4v) is 2.69. The molecule has 6 heteroatoms. The molecule has 0 fully saturated rings. The molecule has 2 N–H and O–H groups in total. The molecular weight excluding hydrogens is 340 g/mol. The summed E-state index contributed by atoms with van der Waals surface area (Å²) in [5.41, 5.74) is 3.67. The summed E-state index contributed by atoms with van der Waals surface area (Å²) in [5, 5.41) is 6.05. The first-order chi connectivity index (χ1) is 13.0. The quantitative estimate of drug-likeness (QED) is 0.676. The predicted octanol–water partition coefficient (Wildman–Crippen LogP) is 4.49. The van der Waals surface area contributed by atoms with Gasteiger partial charge in [0.15, 0.2) is 0 Å². The minimum absolute atomic E-state index is 0.216. The van der Waals surface area contributed by atoms with E-state index in [-0.39, 0.29) is 5.91 Å². The van der Waals surface area contributed by atoms with Crippen molar-refractivity contribution in [2.24, 2.45) is 0 Å². The van der Waals surface area contributed by atoms with Crippen molar-refractivity contribution in [3.8, 4) is 5.75 Å². The largest absolute Gasteiger partial charge is 0.492 e. The number of hydrogen-bond acceptors (Lipinski definition) is 5. The summed E-state index contributed by atoms with van der Waals surface area (Å²) in [4.78, 5) is 21.4. The summed E-state index contributed by atoms with van der Waals surface area (Å²) in [6.45, 7) is 6.27. The van der Waals surface area contributed by atoms with Gasteiger partial charge in [0.2, 0.25) is 5.95 Å². The number of carbonyl (C=O) groups is 1. The van der Waals surface area contributed by atoms with Crippen LogP contribution in [0.2, 0.25) is 0 Å². The molecule has 0 saturated carbocycles. The van der Waals surface area contributed by atoms with Gasteiger partial charge < -0.3 is 15.4 Å². The fraction of sp³-hybridized carbons (Fsp3) is 0.190. The van der Waals surface area contributed by atoms with Crippen molar-refractivity contribution >= 4 is 23.2 Å². The number of ether oxygens (including phenoxy) is 1. The monoisotopic (exact) mass is 362 g/mol. The van der Waals surface area contributed by atoms with Gasteiger partial charge in [-0.25, -0.2) is 9.97 Å². The van der Waals surface area contributed by atoms with E-state index in [1.54, 1.807) is 12.1 Å². The van der Waals surface area contributed by atoms with E-state index in [1.807, 2.05) is 63.2 Å². The SMILES string of the molecule is CCOc1ccccc1NC(=O)c1cccc(Nc2nc(C)cc(C)n2)c1. The van der Waals surface area contributed by atoms with E-state index < -0.39 is 0 Å². The third-order valence-electron chi connectivity index (χ3n) is 3.80. The van der Waals surface area contributed by atoms with Gasteiger partial charge in [0.25, 0.3) is 5.91 Å². The molecule has 0 spiro atoms. The number of nitrogens with zero attached hydrogens (tertiary/aromatic N) is 2. The highest BCUT2D eigenvalue weighted by Crippen LogP contribution is 2.25. The third kappa shape index (κ3) is 4.82. The third-order valence-corrected chi connectivity index (χ3v) is 3.80. The number of carbonyl (C=O) groups excluding carboxylic acids is 1. The molecule has 0 radical (unpaired) electrons. The van der Waals surface area contributed by atoms with Gasteiger partial charge in [-0.2, -0.15) is 0 Å². The van der Waals surface area contributed by atoms with Gasteiger partial charge in [0, 0.05) is 22.6 Å². The van der Waals surface area contributed by atoms with Crippen LogP contribution in [0.15, 0.2) is 54.6 Å². The molecule has 0 aliphatic carbocycles. The summed E-state index contributed by atoms with van der Waals surface area (Å²) < 4.78 is 5.56. The number of hydrogen-bond donors (Lipinski definition) is 2. The maximum Gasteiger partial charge on any atom is 0.255 e. The van der Waals surface area contributed by atoms with E-state index in [1.165, 1.54) is 0 Å². The molecule has 2 aromatic carbocycles. The molecule has 138 valence electrons. The molecule has 0 saturated heterocycles. The van der Waals surface area contributed by atoms with Crippen LogP contribution in [0.4, 0.5) is 17.3 Å². The van der Waals surface area contributed by atoms with Crippen LogP contribution in [0.25, 0.3) is 0 Å². The minimum atomic E-state index is -0.216. The van der Waals surface area contributed by atoms with Gasteiger partial charge in [-0.3, -0.25) is 4.79 Å². The Hall–Kier alpha value is -3.41. The second kappa shape index (κ2) is 8.31. The van der Waals surface area contributed by atoms with Crippen LogP contribution in [-0.4, -0.2) is 22.5 Å². The molecular formula is C21H22N4O2. The fourth-order valence-electron chi connectivity index (χ4n) is 2.69. The van der Waals surface area contributed by atoms with E-state index >= 15 is 0 Å². The number of benzene rings is 2. The number of aryl methyl sites for hydroxylation is 2. The van der Waals surface area contributed by atoms with Crippen LogP contribution in [-0.2, 0) is 0 Å². The lowest BCUT2D eigenvalue weighted by Crippen LogP contribution is -2.13. The minimum Gasteiger partial charge on any atom is -0.492 e. The molecule has 3 rings (SSSR count). The van der Waals surface area contributed by atoms with E-state index in [2.05, 4.69) is 20.6 Å². The molecule has 1 aromatic heterocycles. The number of anilines is 3. The van der Waals surface area contributed by atoms with Crippen LogP contribution in [0.3, 0.4) is 0 Å². The van der Waals surface area contributed by atoms with E-state index in [0.29, 0.717) is 29.6 Å². The van der Waals surface area contributed by atoms with Gasteiger partial charge in [-0.15, -0.1) is 0 Å². The van der Waals surface area contributed by atoms with Gasteiger partial charge in [0.1, 0.15) is 5.75 Å². The van der Waals surface area contributed by atoms with Crippen molar-refractivity contribution in [2.45, 2.75) is 20.8 Å². The first-order valence-corrected chi connectivity index (χ1v) is 8.77. The molecule has 0 atom stereocenters. The van der Waals surface area contributed by atoms with Crippen molar-refractivity contribution < 1.29 is 9.53 Å². The highest BCUT2D eigenvalue weighted by atomic mass is 16.5. The van der Waals surface area contributed by atoms with E-state index in [4.69, 9.17) is 4.74 Å². The Balaban J connectivity index is 1.78. The lowest BCUT2D eigenvalue weighted by Gasteiger charge is -2.12. The van der Waals surface area contributed by atoms with Crippen molar-refractivity contribution in [3.63, 3.8) is 0 Å². The van der Waals surface area contributed by atoms with Crippen molar-refractivity contribution in [1.29, 1.82) is 0 Å². The molecule has 27 heavy (non-hydrogen) atoms. The zero-order valence-electron chi connectivity index (χ0n) is 15.6. The molecule has 0 aliphatic heterocycles. The second-order valence-electron chi connectivity index (χ2n) is 6.06. The first kappa shape index (κ1) is 18.4. The van der Waals surface area contributed by atoms with Crippen molar-refractivity contribution in [3.05, 3.63) is 71.5 Å². The number of aromatic nitrogens is 2. The van der Waals surface area contributed by atoms with E-state index in [9.17, 15) is 4.79 Å². The standard InChI is InChI=1S/C21H22N4O2/c1-4-27-19-11-6-5-10-18(19)25-20(26)16-8-7-9-17(13-16)24-21-22-14(2)12-15(3)23-21/h5-13H,4H2,1-3H3,(H,25,26)(H,22,23,24). The Morgan fingerprint density at radius 3 is 2.48 bits per heavy atom. The Labute approximate surface area is 158 Å². The smallest absolute Gasteiger partial charge is 0.255 e. The van der Waals surface area contributed by atoms with Gasteiger partial charge in [-0.1, -0.05) is 18.2 Å². The average Bonchev–Trinajstić information content (AvgIpc) is 2.63. The predicted molar refractivity (Wildman–Crippen MR) is 107 cm³/mol. The average molecular weight is 362 g/mol. The number of para-hydroxylation sites is 2. The summed E-state index contributed by atoms with van der Waals surface area (Å²) in [7, 11) is 0. The summed E-state index contributed by atoms with van der Waals surface area (Å²) in [6.07, 6.45) is 0. The topological polar surface area (TPSA) is 76.1 Å². The number of rotatable bonds is 6. The van der Waals surface area contributed by atoms with Crippen LogP contribution in [0.1, 0.15) is 28.7 Å². The maximum absolute atomic E-state index is 12.7. The van der Waals surface area contributed by atoms with Crippen LogP contribution >= 0.6 is 0 Å². The molecule has 0 bridgehead atoms. The molecule has 1 amide bonds. The van der Waals surface area contributed by atoms with Gasteiger partial charge >= 0.3 is 0 Å². The molecule has 0 unspecified atom stereocenters. The lowest BCUT2D eigenvalue weighted by molar-refractivity contribution is 0.102. The maximum atomic E-state index is 12.7. The Morgan fingerprint density at radius 2 is 1.74 bits per heavy atom. The molecule has 3 aromatic rings.